The molecule has 0 bridgehead atoms. The SMILES string of the molecule is CC(C)(COC(=O)C(C)(C)C)NS(=O)(=O)C(F)(F)F. The lowest BCUT2D eigenvalue weighted by atomic mass is 9.97. The third kappa shape index (κ3) is 5.77. The van der Waals surface area contributed by atoms with E-state index in [2.05, 4.69) is 0 Å². The highest BCUT2D eigenvalue weighted by Gasteiger charge is 2.48. The maximum atomic E-state index is 12.2. The number of hydrogen-bond acceptors (Lipinski definition) is 4. The topological polar surface area (TPSA) is 72.5 Å². The van der Waals surface area contributed by atoms with Crippen LogP contribution in [0.4, 0.5) is 13.2 Å². The summed E-state index contributed by atoms with van der Waals surface area (Å²) in [5.74, 6) is -0.633. The lowest BCUT2D eigenvalue weighted by Crippen LogP contribution is -2.51. The molecule has 0 amide bonds. The molecule has 0 heterocycles. The maximum absolute atomic E-state index is 12.2. The van der Waals surface area contributed by atoms with Gasteiger partial charge in [0.15, 0.2) is 0 Å². The monoisotopic (exact) mass is 305 g/mol. The van der Waals surface area contributed by atoms with Crippen LogP contribution in [-0.4, -0.2) is 32.0 Å². The van der Waals surface area contributed by atoms with Crippen LogP contribution in [0.25, 0.3) is 0 Å². The highest BCUT2D eigenvalue weighted by atomic mass is 32.2. The van der Waals surface area contributed by atoms with Crippen molar-refractivity contribution in [2.24, 2.45) is 5.41 Å². The average molecular weight is 305 g/mol. The molecule has 5 nitrogen and oxygen atoms in total. The minimum Gasteiger partial charge on any atom is -0.463 e. The molecule has 0 aromatic rings. The van der Waals surface area contributed by atoms with E-state index in [-0.39, 0.29) is 0 Å². The standard InChI is InChI=1S/C10H18F3NO4S/c1-8(2,3)7(15)18-6-9(4,5)14-19(16,17)10(11,12)13/h14H,6H2,1-5H3. The van der Waals surface area contributed by atoms with E-state index in [9.17, 15) is 26.4 Å². The molecule has 0 radical (unpaired) electrons. The number of carbonyl (C=O) groups excluding carboxylic acids is 1. The van der Waals surface area contributed by atoms with E-state index in [4.69, 9.17) is 4.74 Å². The zero-order valence-electron chi connectivity index (χ0n) is 11.4. The Hall–Kier alpha value is -0.830. The molecule has 0 spiro atoms. The molecule has 1 N–H and O–H groups in total. The second-order valence-corrected chi connectivity index (χ2v) is 7.44. The van der Waals surface area contributed by atoms with Gasteiger partial charge >= 0.3 is 21.5 Å². The summed E-state index contributed by atoms with van der Waals surface area (Å²) in [6, 6.07) is 0. The first-order chi connectivity index (χ1) is 8.08. The first kappa shape index (κ1) is 18.2. The summed E-state index contributed by atoms with van der Waals surface area (Å²) < 4.78 is 64.7. The summed E-state index contributed by atoms with van der Waals surface area (Å²) in [5, 5.41) is 0. The first-order valence-corrected chi connectivity index (χ1v) is 6.84. The highest BCUT2D eigenvalue weighted by molar-refractivity contribution is 7.90. The Morgan fingerprint density at radius 1 is 1.11 bits per heavy atom. The largest absolute Gasteiger partial charge is 0.511 e. The molecule has 0 aliphatic rings. The molecule has 114 valence electrons. The van der Waals surface area contributed by atoms with E-state index in [1.165, 1.54) is 18.6 Å². The number of nitrogens with one attached hydrogen (secondary N) is 1. The van der Waals surface area contributed by atoms with E-state index in [0.717, 1.165) is 0 Å². The maximum Gasteiger partial charge on any atom is 0.511 e. The Balaban J connectivity index is 4.73. The molecular formula is C10H18F3NO4S. The Kier molecular flexibility index (Phi) is 5.05. The fourth-order valence-electron chi connectivity index (χ4n) is 0.914. The molecular weight excluding hydrogens is 287 g/mol. The number of alkyl halides is 3. The lowest BCUT2D eigenvalue weighted by Gasteiger charge is -2.27. The molecule has 0 saturated heterocycles. The molecule has 9 heteroatoms. The van der Waals surface area contributed by atoms with E-state index in [1.54, 1.807) is 20.8 Å². The van der Waals surface area contributed by atoms with E-state index >= 15 is 0 Å². The summed E-state index contributed by atoms with van der Waals surface area (Å²) in [7, 11) is -5.48. The number of hydrogen-bond donors (Lipinski definition) is 1. The third-order valence-electron chi connectivity index (χ3n) is 1.89. The molecule has 0 fully saturated rings. The summed E-state index contributed by atoms with van der Waals surface area (Å²) >= 11 is 0. The van der Waals surface area contributed by atoms with Crippen LogP contribution < -0.4 is 4.72 Å². The molecule has 19 heavy (non-hydrogen) atoms. The smallest absolute Gasteiger partial charge is 0.463 e. The van der Waals surface area contributed by atoms with Crippen LogP contribution in [0.5, 0.6) is 0 Å². The Morgan fingerprint density at radius 2 is 1.53 bits per heavy atom. The fourth-order valence-corrected chi connectivity index (χ4v) is 1.82. The second kappa shape index (κ2) is 5.28. The summed E-state index contributed by atoms with van der Waals surface area (Å²) in [6.45, 7) is 6.59. The zero-order chi connectivity index (χ0) is 15.7. The van der Waals surface area contributed by atoms with Gasteiger partial charge in [-0.25, -0.2) is 8.42 Å². The molecule has 0 aromatic carbocycles. The predicted octanol–water partition coefficient (Wildman–Crippen LogP) is 1.79. The number of ether oxygens (including phenoxy) is 1. The average Bonchev–Trinajstić information content (AvgIpc) is 2.08. The number of sulfonamides is 1. The van der Waals surface area contributed by atoms with Crippen molar-refractivity contribution in [1.29, 1.82) is 0 Å². The van der Waals surface area contributed by atoms with Crippen molar-refractivity contribution in [3.8, 4) is 0 Å². The molecule has 0 aromatic heterocycles. The Labute approximate surface area is 110 Å². The van der Waals surface area contributed by atoms with Crippen molar-refractivity contribution in [1.82, 2.24) is 4.72 Å². The van der Waals surface area contributed by atoms with Gasteiger partial charge in [0.05, 0.1) is 11.0 Å². The van der Waals surface area contributed by atoms with Crippen molar-refractivity contribution in [2.75, 3.05) is 6.61 Å². The van der Waals surface area contributed by atoms with Crippen molar-refractivity contribution >= 4 is 16.0 Å². The van der Waals surface area contributed by atoms with Crippen LogP contribution in [0.15, 0.2) is 0 Å². The lowest BCUT2D eigenvalue weighted by molar-refractivity contribution is -0.154. The molecule has 0 unspecified atom stereocenters. The molecule has 0 rings (SSSR count). The van der Waals surface area contributed by atoms with Gasteiger partial charge in [-0.15, -0.1) is 0 Å². The van der Waals surface area contributed by atoms with Crippen LogP contribution in [0.2, 0.25) is 0 Å². The van der Waals surface area contributed by atoms with Crippen LogP contribution in [0.3, 0.4) is 0 Å². The van der Waals surface area contributed by atoms with E-state index in [1.807, 2.05) is 0 Å². The number of carbonyl (C=O) groups is 1. The molecule has 0 aliphatic carbocycles. The van der Waals surface area contributed by atoms with Gasteiger partial charge < -0.3 is 4.74 Å². The summed E-state index contributed by atoms with van der Waals surface area (Å²) in [5.41, 5.74) is -7.79. The van der Waals surface area contributed by atoms with E-state index in [0.29, 0.717) is 0 Å². The van der Waals surface area contributed by atoms with E-state index < -0.39 is 39.1 Å². The Morgan fingerprint density at radius 3 is 1.84 bits per heavy atom. The summed E-state index contributed by atoms with van der Waals surface area (Å²) in [4.78, 5) is 11.5. The second-order valence-electron chi connectivity index (χ2n) is 5.76. The normalized spacial score (nSPS) is 14.3. The number of rotatable bonds is 4. The van der Waals surface area contributed by atoms with Gasteiger partial charge in [-0.1, -0.05) is 0 Å². The van der Waals surface area contributed by atoms with Crippen molar-refractivity contribution < 1.29 is 31.1 Å². The zero-order valence-corrected chi connectivity index (χ0v) is 12.2. The molecule has 0 aliphatic heterocycles. The van der Waals surface area contributed by atoms with Gasteiger partial charge in [0, 0.05) is 0 Å². The Bertz CT molecular complexity index is 435. The van der Waals surface area contributed by atoms with Gasteiger partial charge in [-0.3, -0.25) is 4.79 Å². The number of esters is 1. The van der Waals surface area contributed by atoms with Crippen LogP contribution in [-0.2, 0) is 19.6 Å². The molecule has 0 saturated carbocycles. The van der Waals surface area contributed by atoms with Gasteiger partial charge in [-0.2, -0.15) is 17.9 Å². The minimum absolute atomic E-state index is 0.502. The van der Waals surface area contributed by atoms with Crippen molar-refractivity contribution in [2.45, 2.75) is 45.7 Å². The number of halogens is 3. The van der Waals surface area contributed by atoms with Gasteiger partial charge in [0.1, 0.15) is 6.61 Å². The predicted molar refractivity (Wildman–Crippen MR) is 62.6 cm³/mol. The minimum atomic E-state index is -5.48. The quantitative estimate of drug-likeness (QED) is 0.804. The highest BCUT2D eigenvalue weighted by Crippen LogP contribution is 2.24. The first-order valence-electron chi connectivity index (χ1n) is 5.36. The van der Waals surface area contributed by atoms with Gasteiger partial charge in [0.2, 0.25) is 0 Å². The fraction of sp³-hybridized carbons (Fsp3) is 0.900. The van der Waals surface area contributed by atoms with Crippen LogP contribution >= 0.6 is 0 Å². The van der Waals surface area contributed by atoms with Gasteiger partial charge in [-0.05, 0) is 34.6 Å². The third-order valence-corrected chi connectivity index (χ3v) is 3.32. The van der Waals surface area contributed by atoms with Gasteiger partial charge in [0.25, 0.3) is 0 Å². The van der Waals surface area contributed by atoms with Crippen molar-refractivity contribution in [3.05, 3.63) is 0 Å². The van der Waals surface area contributed by atoms with Crippen LogP contribution in [0.1, 0.15) is 34.6 Å². The molecule has 0 atom stereocenters. The van der Waals surface area contributed by atoms with Crippen LogP contribution in [0, 0.1) is 5.41 Å². The summed E-state index contributed by atoms with van der Waals surface area (Å²) in [6.07, 6.45) is 0. The van der Waals surface area contributed by atoms with Crippen molar-refractivity contribution in [3.63, 3.8) is 0 Å².